The number of hydrogen-bond acceptors (Lipinski definition) is 5. The summed E-state index contributed by atoms with van der Waals surface area (Å²) in [7, 11) is 0. The van der Waals surface area contributed by atoms with E-state index in [1.54, 1.807) is 0 Å². The van der Waals surface area contributed by atoms with Crippen LogP contribution in [-0.2, 0) is 0 Å². The van der Waals surface area contributed by atoms with Crippen molar-refractivity contribution in [2.75, 3.05) is 0 Å². The number of aromatic nitrogens is 4. The van der Waals surface area contributed by atoms with Crippen molar-refractivity contribution in [3.63, 3.8) is 0 Å². The van der Waals surface area contributed by atoms with Crippen LogP contribution in [0.25, 0.3) is 109 Å². The Labute approximate surface area is 437 Å². The average molecular weight is 979 g/mol. The second kappa shape index (κ2) is 17.8. The second-order valence-corrected chi connectivity index (χ2v) is 20.8. The Morgan fingerprint density at radius 2 is 1.04 bits per heavy atom. The Morgan fingerprint density at radius 3 is 1.73 bits per heavy atom. The minimum atomic E-state index is -0.134. The van der Waals surface area contributed by atoms with Gasteiger partial charge in [0, 0.05) is 70.6 Å². The number of fused-ring (bicyclic) bond motifs is 11. The van der Waals surface area contributed by atoms with Gasteiger partial charge in [-0.1, -0.05) is 200 Å². The second-order valence-electron chi connectivity index (χ2n) is 19.7. The van der Waals surface area contributed by atoms with Crippen molar-refractivity contribution in [1.29, 1.82) is 0 Å². The fourth-order valence-electron chi connectivity index (χ4n) is 11.8. The van der Waals surface area contributed by atoms with Gasteiger partial charge in [0.25, 0.3) is 0 Å². The lowest BCUT2D eigenvalue weighted by atomic mass is 9.78. The third-order valence-electron chi connectivity index (χ3n) is 15.4. The maximum Gasteiger partial charge on any atom is 0.164 e. The number of hydrogen-bond donors (Lipinski definition) is 0. The fraction of sp³-hybridized carbons (Fsp3) is 0.0580. The molecule has 4 heterocycles. The van der Waals surface area contributed by atoms with Crippen LogP contribution in [0.4, 0.5) is 0 Å². The molecule has 13 aromatic rings. The van der Waals surface area contributed by atoms with Gasteiger partial charge in [0.05, 0.1) is 16.4 Å². The highest BCUT2D eigenvalue weighted by atomic mass is 32.1. The smallest absolute Gasteiger partial charge is 0.164 e. The topological polar surface area (TPSA) is 56.7 Å². The van der Waals surface area contributed by atoms with Gasteiger partial charge >= 0.3 is 0 Å². The number of thiophene rings is 1. The van der Waals surface area contributed by atoms with Crippen molar-refractivity contribution < 1.29 is 4.42 Å². The van der Waals surface area contributed by atoms with Crippen LogP contribution in [0.3, 0.4) is 0 Å². The molecule has 2 unspecified atom stereocenters. The largest absolute Gasteiger partial charge is 0.455 e. The number of benzene rings is 9. The summed E-state index contributed by atoms with van der Waals surface area (Å²) in [6, 6.07) is 78.1. The first-order chi connectivity index (χ1) is 37.2. The maximum atomic E-state index is 7.31. The zero-order chi connectivity index (χ0) is 49.4. The summed E-state index contributed by atoms with van der Waals surface area (Å²) in [5, 5.41) is 6.93. The van der Waals surface area contributed by atoms with Crippen LogP contribution in [0.1, 0.15) is 41.6 Å². The number of allylic oxidation sites excluding steroid dienone is 8. The molecule has 0 saturated heterocycles. The van der Waals surface area contributed by atoms with Gasteiger partial charge in [-0.3, -0.25) is 0 Å². The molecule has 4 aromatic heterocycles. The van der Waals surface area contributed by atoms with Crippen LogP contribution in [0.15, 0.2) is 258 Å². The van der Waals surface area contributed by atoms with Gasteiger partial charge in [-0.05, 0) is 88.7 Å². The van der Waals surface area contributed by atoms with Gasteiger partial charge in [-0.15, -0.1) is 11.3 Å². The summed E-state index contributed by atoms with van der Waals surface area (Å²) in [5.41, 5.74) is 15.4. The highest BCUT2D eigenvalue weighted by molar-refractivity contribution is 7.26. The van der Waals surface area contributed by atoms with Gasteiger partial charge in [0.1, 0.15) is 11.2 Å². The molecular formula is C69H46N4OS. The predicted molar refractivity (Wildman–Crippen MR) is 312 cm³/mol. The minimum absolute atomic E-state index is 0.134. The first-order valence-electron chi connectivity index (χ1n) is 25.8. The van der Waals surface area contributed by atoms with Gasteiger partial charge in [-0.25, -0.2) is 15.0 Å². The van der Waals surface area contributed by atoms with Crippen LogP contribution in [0.5, 0.6) is 0 Å². The lowest BCUT2D eigenvalue weighted by molar-refractivity contribution is 0.677. The van der Waals surface area contributed by atoms with Crippen molar-refractivity contribution in [2.24, 2.45) is 0 Å². The van der Waals surface area contributed by atoms with E-state index in [4.69, 9.17) is 19.4 Å². The molecule has 354 valence electrons. The zero-order valence-corrected chi connectivity index (χ0v) is 41.6. The van der Waals surface area contributed by atoms with Crippen LogP contribution in [-0.4, -0.2) is 19.5 Å². The Bertz CT molecular complexity index is 4450. The molecule has 0 aliphatic heterocycles. The molecule has 0 fully saturated rings. The lowest BCUT2D eigenvalue weighted by Gasteiger charge is -2.32. The number of furan rings is 1. The fourth-order valence-corrected chi connectivity index (χ4v) is 12.9. The third kappa shape index (κ3) is 7.32. The number of nitrogens with zero attached hydrogens (tertiary/aromatic N) is 4. The van der Waals surface area contributed by atoms with Gasteiger partial charge in [0.2, 0.25) is 0 Å². The van der Waals surface area contributed by atoms with E-state index >= 15 is 0 Å². The van der Waals surface area contributed by atoms with E-state index in [9.17, 15) is 0 Å². The predicted octanol–water partition coefficient (Wildman–Crippen LogP) is 18.4. The summed E-state index contributed by atoms with van der Waals surface area (Å²) < 4.78 is 12.4. The summed E-state index contributed by atoms with van der Waals surface area (Å²) in [6.45, 7) is 0. The first kappa shape index (κ1) is 43.4. The molecule has 0 spiro atoms. The van der Waals surface area contributed by atoms with Crippen molar-refractivity contribution in [2.45, 2.75) is 24.7 Å². The summed E-state index contributed by atoms with van der Waals surface area (Å²) in [5.74, 6) is 2.09. The standard InChI is InChI=1S/C69H46N4OS/c1-5-17-43(18-6-1)45-29-33-47(34-30-45)56-41-51(69-71-67(49-21-9-3-10-22-49)70-68(72-69)50-23-11-4-12-24-50)42-57(48-35-31-46(32-36-48)44-19-7-2-8-20-44)64(56)73-58-27-15-13-25-54(58)62-59(73)39-37-52-53-38-40-61-63(66(53)74-65(52)62)55-26-14-16-28-60(55)75-61/h1-31,33-40,42,46,56H,32,41H2. The zero-order valence-electron chi connectivity index (χ0n) is 40.8. The molecule has 75 heavy (non-hydrogen) atoms. The van der Waals surface area contributed by atoms with Crippen LogP contribution in [0.2, 0.25) is 0 Å². The van der Waals surface area contributed by atoms with Crippen molar-refractivity contribution in [3.05, 3.63) is 271 Å². The molecule has 0 saturated carbocycles. The lowest BCUT2D eigenvalue weighted by Crippen LogP contribution is -2.17. The third-order valence-corrected chi connectivity index (χ3v) is 16.6. The van der Waals surface area contributed by atoms with E-state index in [1.807, 2.05) is 47.7 Å². The number of rotatable bonds is 8. The average Bonchev–Trinajstić information content (AvgIpc) is 4.20. The van der Waals surface area contributed by atoms with Crippen LogP contribution < -0.4 is 0 Å². The van der Waals surface area contributed by atoms with Crippen LogP contribution >= 0.6 is 11.3 Å². The van der Waals surface area contributed by atoms with E-state index in [0.29, 0.717) is 23.9 Å². The maximum absolute atomic E-state index is 7.31. The molecule has 2 aliphatic rings. The molecule has 0 amide bonds. The summed E-state index contributed by atoms with van der Waals surface area (Å²) in [6.07, 6.45) is 11.1. The van der Waals surface area contributed by atoms with Crippen molar-refractivity contribution in [3.8, 4) is 33.9 Å². The van der Waals surface area contributed by atoms with Gasteiger partial charge in [0.15, 0.2) is 17.5 Å². The van der Waals surface area contributed by atoms with Crippen LogP contribution in [0, 0.1) is 0 Å². The quantitative estimate of drug-likeness (QED) is 0.152. The minimum Gasteiger partial charge on any atom is -0.455 e. The summed E-state index contributed by atoms with van der Waals surface area (Å²) >= 11 is 1.82. The van der Waals surface area contributed by atoms with E-state index in [0.717, 1.165) is 72.4 Å². The van der Waals surface area contributed by atoms with Gasteiger partial charge < -0.3 is 8.98 Å². The first-order valence-corrected chi connectivity index (χ1v) is 26.6. The normalized spacial score (nSPS) is 15.9. The molecule has 15 rings (SSSR count). The molecule has 0 radical (unpaired) electrons. The van der Waals surface area contributed by atoms with E-state index in [-0.39, 0.29) is 11.8 Å². The van der Waals surface area contributed by atoms with Crippen molar-refractivity contribution >= 4 is 86.5 Å². The highest BCUT2D eigenvalue weighted by Gasteiger charge is 2.33. The summed E-state index contributed by atoms with van der Waals surface area (Å²) in [4.78, 5) is 15.9. The Hall–Kier alpha value is -9.23. The monoisotopic (exact) mass is 978 g/mol. The SMILES string of the molecule is C1=CC(c2ccccc2)CC=C1C1=C(n2c3ccccc3c3c4oc5c(ccc6sc7ccccc7c65)c4ccc32)C(c2ccc(-c3ccccc3)cc2)CC(c2nc(-c3ccccc3)nc(-c3ccccc3)n2)=C1. The molecule has 9 aromatic carbocycles. The highest BCUT2D eigenvalue weighted by Crippen LogP contribution is 2.51. The van der Waals surface area contributed by atoms with Gasteiger partial charge in [-0.2, -0.15) is 0 Å². The molecule has 6 heteroatoms. The Balaban J connectivity index is 1.02. The number of para-hydroxylation sites is 1. The van der Waals surface area contributed by atoms with E-state index in [2.05, 4.69) is 211 Å². The Kier molecular flexibility index (Phi) is 10.3. The molecule has 5 nitrogen and oxygen atoms in total. The molecule has 2 aliphatic carbocycles. The van der Waals surface area contributed by atoms with E-state index < -0.39 is 0 Å². The molecule has 2 atom stereocenters. The molecular weight excluding hydrogens is 933 g/mol. The molecule has 0 N–H and O–H groups in total. The van der Waals surface area contributed by atoms with E-state index in [1.165, 1.54) is 53.7 Å². The van der Waals surface area contributed by atoms with Crippen molar-refractivity contribution in [1.82, 2.24) is 19.5 Å². The Morgan fingerprint density at radius 1 is 0.453 bits per heavy atom. The molecule has 0 bridgehead atoms.